The second-order valence-corrected chi connectivity index (χ2v) is 10.9. The summed E-state index contributed by atoms with van der Waals surface area (Å²) in [7, 11) is 0. The van der Waals surface area contributed by atoms with E-state index in [0.717, 1.165) is 23.3 Å². The Bertz CT molecular complexity index is 1600. The van der Waals surface area contributed by atoms with Gasteiger partial charge < -0.3 is 14.9 Å². The summed E-state index contributed by atoms with van der Waals surface area (Å²) in [6.45, 7) is 1.44. The number of carboxylic acid groups (broad SMARTS) is 2. The molecule has 0 spiro atoms. The Morgan fingerprint density at radius 1 is 0.778 bits per heavy atom. The van der Waals surface area contributed by atoms with Crippen LogP contribution in [-0.4, -0.2) is 22.2 Å². The lowest BCUT2D eigenvalue weighted by Crippen LogP contribution is -2.07. The number of aryl methyl sites for hydroxylation is 3. The van der Waals surface area contributed by atoms with Gasteiger partial charge >= 0.3 is 18.1 Å². The first-order valence-electron chi connectivity index (χ1n) is 14.3. The van der Waals surface area contributed by atoms with E-state index in [1.807, 2.05) is 6.08 Å². The highest BCUT2D eigenvalue weighted by molar-refractivity contribution is 5.88. The topological polar surface area (TPSA) is 83.8 Å². The van der Waals surface area contributed by atoms with Crippen LogP contribution in [0.25, 0.3) is 6.08 Å². The number of halogens is 4. The van der Waals surface area contributed by atoms with Crippen molar-refractivity contribution in [3.05, 3.63) is 141 Å². The van der Waals surface area contributed by atoms with E-state index in [9.17, 15) is 37.4 Å². The van der Waals surface area contributed by atoms with Gasteiger partial charge in [0, 0.05) is 5.56 Å². The van der Waals surface area contributed by atoms with Crippen LogP contribution in [0.1, 0.15) is 66.9 Å². The Kier molecular flexibility index (Phi) is 10.8. The molecule has 45 heavy (non-hydrogen) atoms. The van der Waals surface area contributed by atoms with Gasteiger partial charge in [-0.05, 0) is 110 Å². The average molecular weight is 621 g/mol. The zero-order valence-corrected chi connectivity index (χ0v) is 24.5. The van der Waals surface area contributed by atoms with Gasteiger partial charge in [0.05, 0.1) is 16.7 Å². The molecule has 0 aliphatic carbocycles. The van der Waals surface area contributed by atoms with Crippen molar-refractivity contribution in [2.45, 2.75) is 45.4 Å². The smallest absolute Gasteiger partial charge is 0.416 e. The highest BCUT2D eigenvalue weighted by Crippen LogP contribution is 2.31. The molecule has 0 aliphatic heterocycles. The lowest BCUT2D eigenvalue weighted by Gasteiger charge is -2.15. The summed E-state index contributed by atoms with van der Waals surface area (Å²) in [6, 6.07) is 20.9. The van der Waals surface area contributed by atoms with Crippen molar-refractivity contribution >= 4 is 18.0 Å². The quantitative estimate of drug-likeness (QED) is 0.146. The molecule has 0 heterocycles. The number of hydrogen-bond donors (Lipinski definition) is 2. The molecule has 5 nitrogen and oxygen atoms in total. The predicted octanol–water partition coefficient (Wildman–Crippen LogP) is 9.02. The molecule has 9 heteroatoms. The van der Waals surface area contributed by atoms with Crippen molar-refractivity contribution < 1.29 is 42.1 Å². The standard InChI is InChI=1S/C36H32F4O5/c1-23-18-27(20-31(19-23)36(38,39)40)22-45-33-17-16-32(37)21-30(33)15-10-24(2-4-25-6-11-28(12-7-25)34(41)42)3-5-26-8-13-29(14-9-26)35(43)44/h6-21,24H,2-5,22H2,1H3,(H,41,42)(H,43,44)/b15-10+. The Balaban J connectivity index is 1.52. The van der Waals surface area contributed by atoms with Gasteiger partial charge in [-0.3, -0.25) is 0 Å². The van der Waals surface area contributed by atoms with Crippen molar-refractivity contribution in [2.75, 3.05) is 0 Å². The highest BCUT2D eigenvalue weighted by atomic mass is 19.4. The second kappa shape index (κ2) is 14.7. The molecule has 0 radical (unpaired) electrons. The first kappa shape index (κ1) is 33.0. The first-order valence-corrected chi connectivity index (χ1v) is 14.3. The van der Waals surface area contributed by atoms with E-state index in [4.69, 9.17) is 4.74 Å². The fraction of sp³-hybridized carbons (Fsp3) is 0.222. The molecule has 234 valence electrons. The molecule has 0 saturated heterocycles. The third-order valence-electron chi connectivity index (χ3n) is 7.39. The number of alkyl halides is 3. The summed E-state index contributed by atoms with van der Waals surface area (Å²) < 4.78 is 60.1. The fourth-order valence-electron chi connectivity index (χ4n) is 4.96. The summed E-state index contributed by atoms with van der Waals surface area (Å²) in [6.07, 6.45) is 1.85. The third kappa shape index (κ3) is 9.79. The van der Waals surface area contributed by atoms with Crippen LogP contribution in [0.4, 0.5) is 17.6 Å². The SMILES string of the molecule is Cc1cc(COc2ccc(F)cc2/C=C/C(CCc2ccc(C(=O)O)cc2)CCc2ccc(C(=O)O)cc2)cc(C(F)(F)F)c1. The number of hydrogen-bond acceptors (Lipinski definition) is 3. The van der Waals surface area contributed by atoms with Gasteiger partial charge in [-0.1, -0.05) is 48.0 Å². The minimum absolute atomic E-state index is 0.00876. The Hall–Kier alpha value is -4.92. The Labute approximate surface area is 258 Å². The van der Waals surface area contributed by atoms with Crippen LogP contribution in [0, 0.1) is 18.7 Å². The monoisotopic (exact) mass is 620 g/mol. The number of carbonyl (C=O) groups is 2. The maximum Gasteiger partial charge on any atom is 0.416 e. The summed E-state index contributed by atoms with van der Waals surface area (Å²) in [5, 5.41) is 18.4. The zero-order chi connectivity index (χ0) is 32.6. The lowest BCUT2D eigenvalue weighted by atomic mass is 9.91. The minimum atomic E-state index is -4.49. The van der Waals surface area contributed by atoms with Crippen LogP contribution in [0.5, 0.6) is 5.75 Å². The summed E-state index contributed by atoms with van der Waals surface area (Å²) in [5.41, 5.74) is 2.74. The number of allylic oxidation sites excluding steroid dienone is 1. The average Bonchev–Trinajstić information content (AvgIpc) is 3.00. The van der Waals surface area contributed by atoms with Crippen LogP contribution in [-0.2, 0) is 25.6 Å². The fourth-order valence-corrected chi connectivity index (χ4v) is 4.96. The molecule has 0 unspecified atom stereocenters. The summed E-state index contributed by atoms with van der Waals surface area (Å²) >= 11 is 0. The van der Waals surface area contributed by atoms with Gasteiger partial charge in [-0.15, -0.1) is 0 Å². The zero-order valence-electron chi connectivity index (χ0n) is 24.5. The predicted molar refractivity (Wildman–Crippen MR) is 163 cm³/mol. The maximum absolute atomic E-state index is 14.3. The van der Waals surface area contributed by atoms with Gasteiger partial charge in [0.1, 0.15) is 18.2 Å². The van der Waals surface area contributed by atoms with Crippen LogP contribution in [0.3, 0.4) is 0 Å². The molecule has 0 fully saturated rings. The van der Waals surface area contributed by atoms with Crippen LogP contribution < -0.4 is 4.74 Å². The van der Waals surface area contributed by atoms with Crippen LogP contribution in [0.15, 0.2) is 91.0 Å². The Morgan fingerprint density at radius 3 is 1.84 bits per heavy atom. The molecule has 2 N–H and O–H groups in total. The van der Waals surface area contributed by atoms with Crippen molar-refractivity contribution in [2.24, 2.45) is 5.92 Å². The molecule has 0 bridgehead atoms. The van der Waals surface area contributed by atoms with Gasteiger partial charge in [0.2, 0.25) is 0 Å². The molecule has 4 rings (SSSR count). The van der Waals surface area contributed by atoms with E-state index in [0.29, 0.717) is 48.1 Å². The lowest BCUT2D eigenvalue weighted by molar-refractivity contribution is -0.137. The second-order valence-electron chi connectivity index (χ2n) is 10.9. The summed E-state index contributed by atoms with van der Waals surface area (Å²) in [4.78, 5) is 22.4. The Morgan fingerprint density at radius 2 is 1.33 bits per heavy atom. The molecule has 4 aromatic carbocycles. The molecule has 0 aromatic heterocycles. The molecular formula is C36H32F4O5. The number of benzene rings is 4. The number of rotatable bonds is 13. The van der Waals surface area contributed by atoms with E-state index in [1.54, 1.807) is 67.6 Å². The molecule has 4 aromatic rings. The van der Waals surface area contributed by atoms with Crippen molar-refractivity contribution in [3.63, 3.8) is 0 Å². The molecule has 0 atom stereocenters. The number of aromatic carboxylic acids is 2. The van der Waals surface area contributed by atoms with Gasteiger partial charge in [0.25, 0.3) is 0 Å². The number of ether oxygens (including phenoxy) is 1. The van der Waals surface area contributed by atoms with Crippen molar-refractivity contribution in [1.29, 1.82) is 0 Å². The van der Waals surface area contributed by atoms with Crippen LogP contribution >= 0.6 is 0 Å². The van der Waals surface area contributed by atoms with E-state index >= 15 is 0 Å². The van der Waals surface area contributed by atoms with Gasteiger partial charge in [-0.2, -0.15) is 13.2 Å². The van der Waals surface area contributed by atoms with E-state index < -0.39 is 29.5 Å². The largest absolute Gasteiger partial charge is 0.488 e. The molecule has 0 amide bonds. The molecular weight excluding hydrogens is 588 g/mol. The van der Waals surface area contributed by atoms with E-state index in [-0.39, 0.29) is 23.7 Å². The normalized spacial score (nSPS) is 11.7. The summed E-state index contributed by atoms with van der Waals surface area (Å²) in [5.74, 6) is -2.20. The van der Waals surface area contributed by atoms with Crippen LogP contribution in [0.2, 0.25) is 0 Å². The van der Waals surface area contributed by atoms with E-state index in [1.165, 1.54) is 18.2 Å². The van der Waals surface area contributed by atoms with Gasteiger partial charge in [0.15, 0.2) is 0 Å². The maximum atomic E-state index is 14.3. The first-order chi connectivity index (χ1) is 21.4. The van der Waals surface area contributed by atoms with Crippen molar-refractivity contribution in [3.8, 4) is 5.75 Å². The number of carboxylic acids is 2. The molecule has 0 saturated carbocycles. The van der Waals surface area contributed by atoms with Crippen molar-refractivity contribution in [1.82, 2.24) is 0 Å². The third-order valence-corrected chi connectivity index (χ3v) is 7.39. The van der Waals surface area contributed by atoms with E-state index in [2.05, 4.69) is 0 Å². The molecule has 0 aliphatic rings. The highest BCUT2D eigenvalue weighted by Gasteiger charge is 2.30. The van der Waals surface area contributed by atoms with Gasteiger partial charge in [-0.25, -0.2) is 14.0 Å². The minimum Gasteiger partial charge on any atom is -0.488 e.